The van der Waals surface area contributed by atoms with Gasteiger partial charge in [0.25, 0.3) is 5.56 Å². The van der Waals surface area contributed by atoms with Crippen LogP contribution in [-0.4, -0.2) is 35.3 Å². The van der Waals surface area contributed by atoms with E-state index in [1.165, 1.54) is 11.7 Å². The summed E-state index contributed by atoms with van der Waals surface area (Å²) in [7, 11) is 1.43. The number of nitrogen functional groups attached to an aromatic ring is 1. The number of methoxy groups -OCH3 is 1. The van der Waals surface area contributed by atoms with Gasteiger partial charge in [0.15, 0.2) is 11.6 Å². The standard InChI is InChI=1S/C20H26FN5O3/c1-29-17-15-12(18(27)24-19(28)26(15)11-2-3-11)14(22)13(21)16(17)25-7-4-10(9-25)8-20(23)5-6-20/h10-11H,2-9,22-23H2,1H3,(H,24,27,28). The molecular weight excluding hydrogens is 377 g/mol. The number of ether oxygens (including phenoxy) is 1. The number of aromatic nitrogens is 2. The Balaban J connectivity index is 1.68. The highest BCUT2D eigenvalue weighted by molar-refractivity contribution is 5.99. The SMILES string of the molecule is COc1c(N2CCC(CC3(N)CC3)C2)c(F)c(N)c2c(=O)[nH]c(=O)n(C3CC3)c12. The number of anilines is 2. The monoisotopic (exact) mass is 403 g/mol. The first kappa shape index (κ1) is 18.5. The first-order chi connectivity index (χ1) is 13.8. The number of hydrogen-bond acceptors (Lipinski definition) is 6. The Morgan fingerprint density at radius 2 is 2.00 bits per heavy atom. The molecule has 1 unspecified atom stereocenters. The zero-order chi connectivity index (χ0) is 20.5. The molecule has 2 heterocycles. The van der Waals surface area contributed by atoms with E-state index < -0.39 is 17.1 Å². The zero-order valence-electron chi connectivity index (χ0n) is 16.5. The van der Waals surface area contributed by atoms with Crippen molar-refractivity contribution in [3.05, 3.63) is 26.7 Å². The Bertz CT molecular complexity index is 1120. The molecule has 0 amide bonds. The minimum atomic E-state index is -0.693. The molecule has 9 heteroatoms. The number of aromatic amines is 1. The van der Waals surface area contributed by atoms with Crippen molar-refractivity contribution in [1.29, 1.82) is 0 Å². The van der Waals surface area contributed by atoms with E-state index in [1.807, 2.05) is 4.90 Å². The molecular formula is C20H26FN5O3. The number of nitrogens with zero attached hydrogens (tertiary/aromatic N) is 2. The molecule has 0 bridgehead atoms. The molecule has 1 aromatic heterocycles. The Morgan fingerprint density at radius 1 is 1.28 bits per heavy atom. The van der Waals surface area contributed by atoms with Gasteiger partial charge in [-0.3, -0.25) is 14.3 Å². The smallest absolute Gasteiger partial charge is 0.329 e. The summed E-state index contributed by atoms with van der Waals surface area (Å²) >= 11 is 0. The Labute approximate surface area is 166 Å². The summed E-state index contributed by atoms with van der Waals surface area (Å²) in [5.74, 6) is -0.0972. The Kier molecular flexibility index (Phi) is 3.96. The van der Waals surface area contributed by atoms with Crippen LogP contribution >= 0.6 is 0 Å². The lowest BCUT2D eigenvalue weighted by Crippen LogP contribution is -2.32. The minimum Gasteiger partial charge on any atom is -0.492 e. The second kappa shape index (κ2) is 6.22. The summed E-state index contributed by atoms with van der Waals surface area (Å²) in [6, 6.07) is -0.0354. The van der Waals surface area contributed by atoms with Gasteiger partial charge >= 0.3 is 5.69 Å². The van der Waals surface area contributed by atoms with E-state index in [0.717, 1.165) is 38.5 Å². The van der Waals surface area contributed by atoms with Crippen molar-refractivity contribution in [2.24, 2.45) is 11.7 Å². The van der Waals surface area contributed by atoms with E-state index in [2.05, 4.69) is 4.98 Å². The van der Waals surface area contributed by atoms with Gasteiger partial charge in [0.1, 0.15) is 11.2 Å². The molecule has 1 aliphatic heterocycles. The lowest BCUT2D eigenvalue weighted by Gasteiger charge is -2.25. The van der Waals surface area contributed by atoms with Gasteiger partial charge in [-0.1, -0.05) is 0 Å². The van der Waals surface area contributed by atoms with Crippen LogP contribution in [0.25, 0.3) is 10.9 Å². The molecule has 0 radical (unpaired) electrons. The molecule has 0 spiro atoms. The van der Waals surface area contributed by atoms with Crippen LogP contribution in [0.4, 0.5) is 15.8 Å². The maximum absolute atomic E-state index is 15.4. The van der Waals surface area contributed by atoms with Crippen molar-refractivity contribution in [2.75, 3.05) is 30.8 Å². The van der Waals surface area contributed by atoms with Crippen molar-refractivity contribution in [3.63, 3.8) is 0 Å². The molecule has 1 saturated heterocycles. The van der Waals surface area contributed by atoms with Gasteiger partial charge in [-0.25, -0.2) is 9.18 Å². The molecule has 2 aromatic rings. The van der Waals surface area contributed by atoms with Crippen molar-refractivity contribution < 1.29 is 9.13 Å². The first-order valence-electron chi connectivity index (χ1n) is 10.2. The van der Waals surface area contributed by atoms with E-state index in [4.69, 9.17) is 16.2 Å². The van der Waals surface area contributed by atoms with E-state index in [-0.39, 0.29) is 34.1 Å². The van der Waals surface area contributed by atoms with Gasteiger partial charge in [0.05, 0.1) is 18.2 Å². The molecule has 5 N–H and O–H groups in total. The summed E-state index contributed by atoms with van der Waals surface area (Å²) in [6.45, 7) is 1.30. The molecule has 2 aliphatic carbocycles. The third-order valence-electron chi connectivity index (χ3n) is 6.59. The van der Waals surface area contributed by atoms with Gasteiger partial charge in [-0.15, -0.1) is 0 Å². The van der Waals surface area contributed by atoms with Crippen LogP contribution in [0.1, 0.15) is 44.6 Å². The van der Waals surface area contributed by atoms with Crippen molar-refractivity contribution in [2.45, 2.75) is 50.1 Å². The van der Waals surface area contributed by atoms with Gasteiger partial charge < -0.3 is 21.1 Å². The maximum atomic E-state index is 15.4. The molecule has 3 aliphatic rings. The van der Waals surface area contributed by atoms with Gasteiger partial charge in [0.2, 0.25) is 0 Å². The third kappa shape index (κ3) is 2.90. The summed E-state index contributed by atoms with van der Waals surface area (Å²) in [5.41, 5.74) is 11.4. The van der Waals surface area contributed by atoms with Gasteiger partial charge in [-0.05, 0) is 44.4 Å². The van der Waals surface area contributed by atoms with E-state index in [0.29, 0.717) is 24.5 Å². The fourth-order valence-corrected chi connectivity index (χ4v) is 4.77. The summed E-state index contributed by atoms with van der Waals surface area (Å²) in [5, 5.41) is -0.0239. The predicted octanol–water partition coefficient (Wildman–Crippen LogP) is 1.46. The zero-order valence-corrected chi connectivity index (χ0v) is 16.5. The van der Waals surface area contributed by atoms with Crippen LogP contribution in [0.15, 0.2) is 9.59 Å². The van der Waals surface area contributed by atoms with Crippen LogP contribution < -0.4 is 32.4 Å². The maximum Gasteiger partial charge on any atom is 0.329 e. The predicted molar refractivity (Wildman–Crippen MR) is 109 cm³/mol. The lowest BCUT2D eigenvalue weighted by atomic mass is 9.98. The molecule has 156 valence electrons. The topological polar surface area (TPSA) is 119 Å². The number of rotatable bonds is 5. The highest BCUT2D eigenvalue weighted by atomic mass is 19.1. The van der Waals surface area contributed by atoms with Crippen molar-refractivity contribution in [1.82, 2.24) is 9.55 Å². The second-order valence-corrected chi connectivity index (χ2v) is 8.86. The van der Waals surface area contributed by atoms with Gasteiger partial charge in [0, 0.05) is 24.7 Å². The number of fused-ring (bicyclic) bond motifs is 1. The first-order valence-corrected chi connectivity index (χ1v) is 10.2. The molecule has 1 aromatic carbocycles. The molecule has 3 fully saturated rings. The lowest BCUT2D eigenvalue weighted by molar-refractivity contribution is 0.412. The van der Waals surface area contributed by atoms with Crippen LogP contribution in [0, 0.1) is 11.7 Å². The average molecular weight is 403 g/mol. The van der Waals surface area contributed by atoms with E-state index in [9.17, 15) is 9.59 Å². The Hall–Kier alpha value is -2.55. The average Bonchev–Trinajstić information content (AvgIpc) is 3.58. The normalized spacial score (nSPS) is 23.0. The highest BCUT2D eigenvalue weighted by Gasteiger charge is 2.42. The van der Waals surface area contributed by atoms with Gasteiger partial charge in [-0.2, -0.15) is 0 Å². The summed E-state index contributed by atoms with van der Waals surface area (Å²) in [4.78, 5) is 29.2. The fraction of sp³-hybridized carbons (Fsp3) is 0.600. The molecule has 29 heavy (non-hydrogen) atoms. The number of nitrogens with one attached hydrogen (secondary N) is 1. The summed E-state index contributed by atoms with van der Waals surface area (Å²) in [6.07, 6.45) is 5.55. The van der Waals surface area contributed by atoms with Crippen LogP contribution in [0.3, 0.4) is 0 Å². The quantitative estimate of drug-likeness (QED) is 0.651. The molecule has 8 nitrogen and oxygen atoms in total. The number of halogens is 1. The second-order valence-electron chi connectivity index (χ2n) is 8.86. The molecule has 5 rings (SSSR count). The van der Waals surface area contributed by atoms with E-state index >= 15 is 4.39 Å². The van der Waals surface area contributed by atoms with Crippen LogP contribution in [0.5, 0.6) is 5.75 Å². The number of hydrogen-bond donors (Lipinski definition) is 3. The third-order valence-corrected chi connectivity index (χ3v) is 6.59. The Morgan fingerprint density at radius 3 is 2.62 bits per heavy atom. The van der Waals surface area contributed by atoms with Crippen LogP contribution in [0.2, 0.25) is 0 Å². The summed E-state index contributed by atoms with van der Waals surface area (Å²) < 4.78 is 22.5. The fourth-order valence-electron chi connectivity index (χ4n) is 4.77. The highest BCUT2D eigenvalue weighted by Crippen LogP contribution is 2.47. The van der Waals surface area contributed by atoms with Crippen molar-refractivity contribution in [3.8, 4) is 5.75 Å². The molecule has 1 atom stereocenters. The number of nitrogens with two attached hydrogens (primary N) is 2. The number of H-pyrrole nitrogens is 1. The minimum absolute atomic E-state index is 0.0239. The largest absolute Gasteiger partial charge is 0.492 e. The number of benzene rings is 1. The van der Waals surface area contributed by atoms with Crippen molar-refractivity contribution >= 4 is 22.3 Å². The molecule has 2 saturated carbocycles. The van der Waals surface area contributed by atoms with E-state index in [1.54, 1.807) is 0 Å². The van der Waals surface area contributed by atoms with Crippen LogP contribution in [-0.2, 0) is 0 Å².